The van der Waals surface area contributed by atoms with E-state index in [9.17, 15) is 4.79 Å². The Balaban J connectivity index is 2.10. The van der Waals surface area contributed by atoms with E-state index in [0.29, 0.717) is 28.3 Å². The SMILES string of the molecule is Cc1cc(C(=O)c2cc3ccccc3o2)c(C)nn1. The molecular weight excluding hydrogens is 240 g/mol. The number of aromatic nitrogens is 2. The molecule has 0 aliphatic heterocycles. The van der Waals surface area contributed by atoms with Crippen LogP contribution in [0.3, 0.4) is 0 Å². The molecule has 94 valence electrons. The number of nitrogens with zero attached hydrogens (tertiary/aromatic N) is 2. The van der Waals surface area contributed by atoms with E-state index >= 15 is 0 Å². The minimum Gasteiger partial charge on any atom is -0.453 e. The minimum absolute atomic E-state index is 0.160. The lowest BCUT2D eigenvalue weighted by Gasteiger charge is -2.01. The Morgan fingerprint density at radius 1 is 1.11 bits per heavy atom. The van der Waals surface area contributed by atoms with E-state index in [1.165, 1.54) is 0 Å². The Morgan fingerprint density at radius 2 is 1.89 bits per heavy atom. The van der Waals surface area contributed by atoms with Crippen LogP contribution in [-0.2, 0) is 0 Å². The number of para-hydroxylation sites is 1. The number of benzene rings is 1. The molecule has 0 aliphatic rings. The molecule has 19 heavy (non-hydrogen) atoms. The Hall–Kier alpha value is -2.49. The highest BCUT2D eigenvalue weighted by molar-refractivity contribution is 6.09. The number of hydrogen-bond acceptors (Lipinski definition) is 4. The van der Waals surface area contributed by atoms with Crippen molar-refractivity contribution in [2.24, 2.45) is 0 Å². The zero-order valence-electron chi connectivity index (χ0n) is 10.7. The summed E-state index contributed by atoms with van der Waals surface area (Å²) >= 11 is 0. The fourth-order valence-electron chi connectivity index (χ4n) is 2.01. The third-order valence-electron chi connectivity index (χ3n) is 2.99. The summed E-state index contributed by atoms with van der Waals surface area (Å²) < 4.78 is 5.58. The standard InChI is InChI=1S/C15H12N2O2/c1-9-7-12(10(2)17-16-9)15(18)14-8-11-5-3-4-6-13(11)19-14/h3-8H,1-2H3. The van der Waals surface area contributed by atoms with Crippen LogP contribution in [-0.4, -0.2) is 16.0 Å². The monoisotopic (exact) mass is 252 g/mol. The molecular formula is C15H12N2O2. The molecule has 0 fully saturated rings. The lowest BCUT2D eigenvalue weighted by Crippen LogP contribution is -2.06. The van der Waals surface area contributed by atoms with Crippen molar-refractivity contribution in [3.8, 4) is 0 Å². The first-order chi connectivity index (χ1) is 9.15. The van der Waals surface area contributed by atoms with Crippen LogP contribution in [0.4, 0.5) is 0 Å². The Kier molecular flexibility index (Phi) is 2.63. The van der Waals surface area contributed by atoms with Gasteiger partial charge < -0.3 is 4.42 Å². The van der Waals surface area contributed by atoms with Crippen molar-refractivity contribution in [1.82, 2.24) is 10.2 Å². The quantitative estimate of drug-likeness (QED) is 0.658. The van der Waals surface area contributed by atoms with Gasteiger partial charge in [0.25, 0.3) is 0 Å². The Morgan fingerprint density at radius 3 is 2.68 bits per heavy atom. The van der Waals surface area contributed by atoms with Crippen LogP contribution in [0.5, 0.6) is 0 Å². The molecule has 0 spiro atoms. The molecule has 0 radical (unpaired) electrons. The fourth-order valence-corrected chi connectivity index (χ4v) is 2.01. The van der Waals surface area contributed by atoms with Crippen LogP contribution in [0.15, 0.2) is 40.8 Å². The summed E-state index contributed by atoms with van der Waals surface area (Å²) in [5.41, 5.74) is 2.56. The Labute approximate surface area is 110 Å². The van der Waals surface area contributed by atoms with Gasteiger partial charge in [0.15, 0.2) is 5.76 Å². The van der Waals surface area contributed by atoms with Gasteiger partial charge in [0.2, 0.25) is 5.78 Å². The van der Waals surface area contributed by atoms with E-state index < -0.39 is 0 Å². The summed E-state index contributed by atoms with van der Waals surface area (Å²) in [5.74, 6) is 0.170. The van der Waals surface area contributed by atoms with Gasteiger partial charge in [0, 0.05) is 5.39 Å². The van der Waals surface area contributed by atoms with Crippen LogP contribution in [0.1, 0.15) is 27.5 Å². The first kappa shape index (κ1) is 11.6. The maximum absolute atomic E-state index is 12.4. The molecule has 0 aliphatic carbocycles. The molecule has 4 nitrogen and oxygen atoms in total. The minimum atomic E-state index is -0.160. The maximum atomic E-state index is 12.4. The molecule has 0 atom stereocenters. The largest absolute Gasteiger partial charge is 0.453 e. The molecule has 0 unspecified atom stereocenters. The van der Waals surface area contributed by atoms with E-state index in [2.05, 4.69) is 10.2 Å². The Bertz CT molecular complexity index is 742. The summed E-state index contributed by atoms with van der Waals surface area (Å²) in [6, 6.07) is 11.0. The van der Waals surface area contributed by atoms with Crippen LogP contribution in [0, 0.1) is 13.8 Å². The molecule has 0 amide bonds. The number of fused-ring (bicyclic) bond motifs is 1. The molecule has 0 N–H and O–H groups in total. The van der Waals surface area contributed by atoms with Gasteiger partial charge in [0.1, 0.15) is 5.58 Å². The molecule has 1 aromatic carbocycles. The normalized spacial score (nSPS) is 10.8. The third-order valence-corrected chi connectivity index (χ3v) is 2.99. The first-order valence-electron chi connectivity index (χ1n) is 5.99. The molecule has 3 rings (SSSR count). The second-order valence-electron chi connectivity index (χ2n) is 4.46. The van der Waals surface area contributed by atoms with Crippen molar-refractivity contribution in [1.29, 1.82) is 0 Å². The van der Waals surface area contributed by atoms with E-state index in [-0.39, 0.29) is 5.78 Å². The van der Waals surface area contributed by atoms with Crippen molar-refractivity contribution >= 4 is 16.8 Å². The van der Waals surface area contributed by atoms with Gasteiger partial charge in [-0.15, -0.1) is 0 Å². The van der Waals surface area contributed by atoms with Crippen LogP contribution in [0.2, 0.25) is 0 Å². The second kappa shape index (κ2) is 4.31. The number of carbonyl (C=O) groups excluding carboxylic acids is 1. The molecule has 0 bridgehead atoms. The molecule has 4 heteroatoms. The predicted octanol–water partition coefficient (Wildman–Crippen LogP) is 3.07. The number of hydrogen-bond donors (Lipinski definition) is 0. The lowest BCUT2D eigenvalue weighted by atomic mass is 10.1. The molecule has 0 saturated heterocycles. The van der Waals surface area contributed by atoms with Gasteiger partial charge in [-0.25, -0.2) is 0 Å². The molecule has 3 aromatic rings. The van der Waals surface area contributed by atoms with Gasteiger partial charge in [0.05, 0.1) is 17.0 Å². The first-order valence-corrected chi connectivity index (χ1v) is 5.99. The van der Waals surface area contributed by atoms with Crippen molar-refractivity contribution in [2.75, 3.05) is 0 Å². The number of carbonyl (C=O) groups is 1. The van der Waals surface area contributed by atoms with Crippen molar-refractivity contribution in [2.45, 2.75) is 13.8 Å². The number of furan rings is 1. The average Bonchev–Trinajstić information content (AvgIpc) is 2.84. The van der Waals surface area contributed by atoms with E-state index in [0.717, 1.165) is 5.39 Å². The van der Waals surface area contributed by atoms with Gasteiger partial charge in [-0.1, -0.05) is 18.2 Å². The topological polar surface area (TPSA) is 56.0 Å². The van der Waals surface area contributed by atoms with Crippen molar-refractivity contribution < 1.29 is 9.21 Å². The van der Waals surface area contributed by atoms with Gasteiger partial charge in [-0.05, 0) is 32.0 Å². The fraction of sp³-hybridized carbons (Fsp3) is 0.133. The summed E-state index contributed by atoms with van der Waals surface area (Å²) in [6.45, 7) is 3.57. The highest BCUT2D eigenvalue weighted by atomic mass is 16.3. The number of aryl methyl sites for hydroxylation is 2. The second-order valence-corrected chi connectivity index (χ2v) is 4.46. The van der Waals surface area contributed by atoms with E-state index in [1.807, 2.05) is 31.2 Å². The van der Waals surface area contributed by atoms with Crippen molar-refractivity contribution in [3.63, 3.8) is 0 Å². The maximum Gasteiger partial charge on any atom is 0.230 e. The summed E-state index contributed by atoms with van der Waals surface area (Å²) in [6.07, 6.45) is 0. The number of ketones is 1. The molecule has 2 aromatic heterocycles. The van der Waals surface area contributed by atoms with Crippen LogP contribution in [0.25, 0.3) is 11.0 Å². The smallest absolute Gasteiger partial charge is 0.230 e. The number of rotatable bonds is 2. The lowest BCUT2D eigenvalue weighted by molar-refractivity contribution is 0.101. The average molecular weight is 252 g/mol. The highest BCUT2D eigenvalue weighted by Gasteiger charge is 2.17. The summed E-state index contributed by atoms with van der Waals surface area (Å²) in [7, 11) is 0. The van der Waals surface area contributed by atoms with E-state index in [1.54, 1.807) is 19.1 Å². The zero-order valence-corrected chi connectivity index (χ0v) is 10.7. The predicted molar refractivity (Wildman–Crippen MR) is 71.2 cm³/mol. The highest BCUT2D eigenvalue weighted by Crippen LogP contribution is 2.22. The van der Waals surface area contributed by atoms with Gasteiger partial charge in [-0.2, -0.15) is 10.2 Å². The zero-order chi connectivity index (χ0) is 13.4. The van der Waals surface area contributed by atoms with Crippen LogP contribution < -0.4 is 0 Å². The third kappa shape index (κ3) is 2.01. The molecule has 0 saturated carbocycles. The summed E-state index contributed by atoms with van der Waals surface area (Å²) in [5, 5.41) is 8.81. The van der Waals surface area contributed by atoms with Crippen molar-refractivity contribution in [3.05, 3.63) is 59.1 Å². The van der Waals surface area contributed by atoms with Gasteiger partial charge in [-0.3, -0.25) is 4.79 Å². The van der Waals surface area contributed by atoms with Gasteiger partial charge >= 0.3 is 0 Å². The van der Waals surface area contributed by atoms with Crippen LogP contribution >= 0.6 is 0 Å². The summed E-state index contributed by atoms with van der Waals surface area (Å²) in [4.78, 5) is 12.4. The molecule has 2 heterocycles. The van der Waals surface area contributed by atoms with E-state index in [4.69, 9.17) is 4.42 Å².